The lowest BCUT2D eigenvalue weighted by Crippen LogP contribution is -2.54. The van der Waals surface area contributed by atoms with E-state index in [1.165, 1.54) is 22.3 Å². The Morgan fingerprint density at radius 2 is 1.53 bits per heavy atom. The SMILES string of the molecule is NCC12c3ccccc3C(CC1O)c1ccccc12. The molecule has 2 bridgehead atoms. The normalized spacial score (nSPS) is 30.8. The Kier molecular flexibility index (Phi) is 2.17. The molecule has 96 valence electrons. The summed E-state index contributed by atoms with van der Waals surface area (Å²) in [6.07, 6.45) is 0.401. The molecule has 0 radical (unpaired) electrons. The smallest absolute Gasteiger partial charge is 0.0698 e. The highest BCUT2D eigenvalue weighted by molar-refractivity contribution is 5.60. The second-order valence-corrected chi connectivity index (χ2v) is 5.65. The molecular formula is C17H17NO. The third kappa shape index (κ3) is 1.18. The first-order valence-corrected chi connectivity index (χ1v) is 6.86. The van der Waals surface area contributed by atoms with Crippen molar-refractivity contribution in [2.24, 2.45) is 5.73 Å². The zero-order chi connectivity index (χ0) is 13.0. The lowest BCUT2D eigenvalue weighted by molar-refractivity contribution is 0.0724. The minimum Gasteiger partial charge on any atom is -0.392 e. The first-order valence-electron chi connectivity index (χ1n) is 6.86. The average Bonchev–Trinajstić information content (AvgIpc) is 2.48. The maximum atomic E-state index is 10.7. The summed E-state index contributed by atoms with van der Waals surface area (Å²) in [5.74, 6) is 0.316. The van der Waals surface area contributed by atoms with Gasteiger partial charge in [-0.2, -0.15) is 0 Å². The zero-order valence-corrected chi connectivity index (χ0v) is 10.7. The maximum Gasteiger partial charge on any atom is 0.0698 e. The van der Waals surface area contributed by atoms with E-state index in [-0.39, 0.29) is 6.10 Å². The Balaban J connectivity index is 2.12. The molecule has 19 heavy (non-hydrogen) atoms. The van der Waals surface area contributed by atoms with Crippen LogP contribution in [0.1, 0.15) is 34.6 Å². The van der Waals surface area contributed by atoms with Gasteiger partial charge in [0.2, 0.25) is 0 Å². The molecular weight excluding hydrogens is 234 g/mol. The van der Waals surface area contributed by atoms with Crippen molar-refractivity contribution in [2.45, 2.75) is 23.9 Å². The van der Waals surface area contributed by atoms with Crippen LogP contribution in [-0.2, 0) is 5.41 Å². The molecule has 0 aromatic heterocycles. The molecule has 0 aliphatic heterocycles. The monoisotopic (exact) mass is 251 g/mol. The largest absolute Gasteiger partial charge is 0.392 e. The van der Waals surface area contributed by atoms with Crippen molar-refractivity contribution in [1.82, 2.24) is 0 Å². The van der Waals surface area contributed by atoms with Crippen molar-refractivity contribution in [3.05, 3.63) is 70.8 Å². The standard InChI is InChI=1S/C17H17NO/c18-10-17-14-7-3-1-5-11(14)13(9-16(17)19)12-6-2-4-8-15(12)17/h1-8,13,16,19H,9-10,18H2. The van der Waals surface area contributed by atoms with E-state index in [9.17, 15) is 5.11 Å². The van der Waals surface area contributed by atoms with Gasteiger partial charge in [-0.1, -0.05) is 48.5 Å². The molecule has 0 heterocycles. The van der Waals surface area contributed by atoms with Crippen molar-refractivity contribution < 1.29 is 5.11 Å². The summed E-state index contributed by atoms with van der Waals surface area (Å²) in [5.41, 5.74) is 10.9. The van der Waals surface area contributed by atoms with E-state index < -0.39 is 5.41 Å². The number of hydrogen-bond donors (Lipinski definition) is 2. The van der Waals surface area contributed by atoms with Crippen molar-refractivity contribution in [1.29, 1.82) is 0 Å². The molecule has 2 aromatic rings. The highest BCUT2D eigenvalue weighted by atomic mass is 16.3. The second kappa shape index (κ2) is 3.69. The summed E-state index contributed by atoms with van der Waals surface area (Å²) >= 11 is 0. The molecule has 5 rings (SSSR count). The van der Waals surface area contributed by atoms with Crippen LogP contribution < -0.4 is 5.73 Å². The summed E-state index contributed by atoms with van der Waals surface area (Å²) in [7, 11) is 0. The number of aliphatic hydroxyl groups is 1. The van der Waals surface area contributed by atoms with E-state index in [2.05, 4.69) is 36.4 Å². The van der Waals surface area contributed by atoms with Crippen LogP contribution in [0.25, 0.3) is 0 Å². The fraction of sp³-hybridized carbons (Fsp3) is 0.294. The lowest BCUT2D eigenvalue weighted by Gasteiger charge is -2.52. The van der Waals surface area contributed by atoms with Crippen LogP contribution in [0.5, 0.6) is 0 Å². The van der Waals surface area contributed by atoms with Gasteiger partial charge < -0.3 is 10.8 Å². The van der Waals surface area contributed by atoms with Crippen molar-refractivity contribution in [2.75, 3.05) is 6.54 Å². The van der Waals surface area contributed by atoms with Crippen molar-refractivity contribution >= 4 is 0 Å². The summed E-state index contributed by atoms with van der Waals surface area (Å²) < 4.78 is 0. The zero-order valence-electron chi connectivity index (χ0n) is 10.7. The third-order valence-electron chi connectivity index (χ3n) is 4.98. The minimum atomic E-state index is -0.415. The van der Waals surface area contributed by atoms with Gasteiger partial charge in [-0.3, -0.25) is 0 Å². The Hall–Kier alpha value is -1.64. The van der Waals surface area contributed by atoms with Gasteiger partial charge in [0, 0.05) is 12.5 Å². The number of benzene rings is 2. The molecule has 0 saturated carbocycles. The highest BCUT2D eigenvalue weighted by Gasteiger charge is 2.52. The molecule has 1 atom stereocenters. The van der Waals surface area contributed by atoms with Crippen LogP contribution >= 0.6 is 0 Å². The van der Waals surface area contributed by atoms with Crippen molar-refractivity contribution in [3.8, 4) is 0 Å². The number of aliphatic hydroxyl groups excluding tert-OH is 1. The Morgan fingerprint density at radius 1 is 1.00 bits per heavy atom. The average molecular weight is 251 g/mol. The topological polar surface area (TPSA) is 46.2 Å². The summed E-state index contributed by atoms with van der Waals surface area (Å²) in [6.45, 7) is 0.453. The first-order chi connectivity index (χ1) is 9.29. The van der Waals surface area contributed by atoms with Crippen LogP contribution in [0.4, 0.5) is 0 Å². The number of fused-ring (bicyclic) bond motifs is 1. The Bertz CT molecular complexity index is 602. The van der Waals surface area contributed by atoms with E-state index in [1.54, 1.807) is 0 Å². The van der Waals surface area contributed by atoms with Crippen LogP contribution in [-0.4, -0.2) is 17.8 Å². The van der Waals surface area contributed by atoms with Crippen molar-refractivity contribution in [3.63, 3.8) is 0 Å². The molecule has 3 aliphatic carbocycles. The molecule has 0 fully saturated rings. The van der Waals surface area contributed by atoms with Gasteiger partial charge in [-0.05, 0) is 28.7 Å². The molecule has 0 saturated heterocycles. The molecule has 2 nitrogen and oxygen atoms in total. The number of rotatable bonds is 1. The van der Waals surface area contributed by atoms with E-state index in [4.69, 9.17) is 5.73 Å². The molecule has 0 spiro atoms. The van der Waals surface area contributed by atoms with E-state index >= 15 is 0 Å². The van der Waals surface area contributed by atoms with Gasteiger partial charge in [0.1, 0.15) is 0 Å². The van der Waals surface area contributed by atoms with Gasteiger partial charge in [0.15, 0.2) is 0 Å². The van der Waals surface area contributed by atoms with Gasteiger partial charge in [-0.15, -0.1) is 0 Å². The van der Waals surface area contributed by atoms with Gasteiger partial charge in [-0.25, -0.2) is 0 Å². The van der Waals surface area contributed by atoms with Gasteiger partial charge in [0.05, 0.1) is 11.5 Å². The lowest BCUT2D eigenvalue weighted by atomic mass is 9.54. The molecule has 1 unspecified atom stereocenters. The van der Waals surface area contributed by atoms with E-state index in [0.29, 0.717) is 12.5 Å². The van der Waals surface area contributed by atoms with Crippen LogP contribution in [0.2, 0.25) is 0 Å². The fourth-order valence-electron chi connectivity index (χ4n) is 4.12. The van der Waals surface area contributed by atoms with E-state index in [1.807, 2.05) is 12.1 Å². The quantitative estimate of drug-likeness (QED) is 0.815. The molecule has 3 aliphatic rings. The predicted octanol–water partition coefficient (Wildman–Crippen LogP) is 2.14. The van der Waals surface area contributed by atoms with Crippen LogP contribution in [0, 0.1) is 0 Å². The fourth-order valence-corrected chi connectivity index (χ4v) is 4.12. The maximum absolute atomic E-state index is 10.7. The molecule has 2 aromatic carbocycles. The first kappa shape index (κ1) is 11.2. The summed E-state index contributed by atoms with van der Waals surface area (Å²) in [5, 5.41) is 10.7. The Morgan fingerprint density at radius 3 is 2.05 bits per heavy atom. The Labute approximate surface area is 112 Å². The highest BCUT2D eigenvalue weighted by Crippen LogP contribution is 2.55. The third-order valence-corrected chi connectivity index (χ3v) is 4.98. The molecule has 2 heteroatoms. The molecule has 3 N–H and O–H groups in total. The second-order valence-electron chi connectivity index (χ2n) is 5.65. The molecule has 0 amide bonds. The number of hydrogen-bond acceptors (Lipinski definition) is 2. The summed E-state index contributed by atoms with van der Waals surface area (Å²) in [4.78, 5) is 0. The van der Waals surface area contributed by atoms with Gasteiger partial charge in [0.25, 0.3) is 0 Å². The van der Waals surface area contributed by atoms with E-state index in [0.717, 1.165) is 6.42 Å². The van der Waals surface area contributed by atoms with Crippen LogP contribution in [0.15, 0.2) is 48.5 Å². The van der Waals surface area contributed by atoms with Crippen LogP contribution in [0.3, 0.4) is 0 Å². The van der Waals surface area contributed by atoms with Gasteiger partial charge >= 0.3 is 0 Å². The number of nitrogens with two attached hydrogens (primary N) is 1. The predicted molar refractivity (Wildman–Crippen MR) is 75.2 cm³/mol. The minimum absolute atomic E-state index is 0.316. The summed E-state index contributed by atoms with van der Waals surface area (Å²) in [6, 6.07) is 16.9.